The molecule has 19 heavy (non-hydrogen) atoms. The van der Waals surface area contributed by atoms with Gasteiger partial charge in [-0.2, -0.15) is 5.26 Å². The molecule has 5 heteroatoms. The van der Waals surface area contributed by atoms with E-state index in [0.717, 1.165) is 6.42 Å². The number of hydrogen-bond acceptors (Lipinski definition) is 4. The Morgan fingerprint density at radius 1 is 1.47 bits per heavy atom. The molecule has 0 saturated carbocycles. The molecule has 1 rings (SSSR count). The van der Waals surface area contributed by atoms with Crippen LogP contribution in [0, 0.1) is 11.3 Å². The Balaban J connectivity index is 2.40. The summed E-state index contributed by atoms with van der Waals surface area (Å²) in [6.07, 6.45) is 0.747. The van der Waals surface area contributed by atoms with E-state index in [-0.39, 0.29) is 18.6 Å². The molecular formula is C14H18N2O3. The van der Waals surface area contributed by atoms with Gasteiger partial charge in [0, 0.05) is 19.8 Å². The molecule has 0 radical (unpaired) electrons. The van der Waals surface area contributed by atoms with Crippen LogP contribution in [-0.4, -0.2) is 32.3 Å². The number of hydrogen-bond donors (Lipinski definition) is 1. The number of carbonyl (C=O) groups is 1. The van der Waals surface area contributed by atoms with Crippen molar-refractivity contribution in [1.29, 1.82) is 5.26 Å². The van der Waals surface area contributed by atoms with Gasteiger partial charge in [0.05, 0.1) is 5.56 Å². The van der Waals surface area contributed by atoms with Crippen molar-refractivity contribution >= 4 is 5.91 Å². The number of nitrogens with zero attached hydrogens (tertiary/aromatic N) is 1. The topological polar surface area (TPSA) is 71.3 Å². The molecule has 5 nitrogen and oxygen atoms in total. The molecule has 102 valence electrons. The molecule has 0 bridgehead atoms. The molecule has 0 aromatic heterocycles. The van der Waals surface area contributed by atoms with Crippen LogP contribution in [-0.2, 0) is 9.53 Å². The van der Waals surface area contributed by atoms with Gasteiger partial charge in [-0.15, -0.1) is 0 Å². The number of nitriles is 1. The average molecular weight is 262 g/mol. The second-order valence-electron chi connectivity index (χ2n) is 4.15. The zero-order valence-electron chi connectivity index (χ0n) is 11.2. The fourth-order valence-corrected chi connectivity index (χ4v) is 1.51. The van der Waals surface area contributed by atoms with E-state index in [9.17, 15) is 4.79 Å². The lowest BCUT2D eigenvalue weighted by Crippen LogP contribution is -2.36. The van der Waals surface area contributed by atoms with Crippen LogP contribution in [0.4, 0.5) is 0 Å². The van der Waals surface area contributed by atoms with Gasteiger partial charge in [-0.3, -0.25) is 4.79 Å². The van der Waals surface area contributed by atoms with Gasteiger partial charge >= 0.3 is 0 Å². The van der Waals surface area contributed by atoms with Gasteiger partial charge in [-0.25, -0.2) is 0 Å². The minimum Gasteiger partial charge on any atom is -0.482 e. The Hall–Kier alpha value is -2.06. The first kappa shape index (κ1) is 15.0. The first-order valence-corrected chi connectivity index (χ1v) is 6.07. The lowest BCUT2D eigenvalue weighted by molar-refractivity contribution is -0.123. The maximum absolute atomic E-state index is 11.6. The van der Waals surface area contributed by atoms with Crippen LogP contribution in [0.1, 0.15) is 18.9 Å². The Morgan fingerprint density at radius 3 is 2.89 bits per heavy atom. The predicted molar refractivity (Wildman–Crippen MR) is 70.7 cm³/mol. The summed E-state index contributed by atoms with van der Waals surface area (Å²) in [6, 6.07) is 8.87. The van der Waals surface area contributed by atoms with Crippen molar-refractivity contribution in [1.82, 2.24) is 5.32 Å². The fourth-order valence-electron chi connectivity index (χ4n) is 1.51. The molecule has 0 heterocycles. The molecule has 0 aliphatic heterocycles. The van der Waals surface area contributed by atoms with E-state index >= 15 is 0 Å². The second kappa shape index (κ2) is 8.11. The van der Waals surface area contributed by atoms with Crippen LogP contribution in [0.5, 0.6) is 5.75 Å². The van der Waals surface area contributed by atoms with Crippen molar-refractivity contribution in [2.45, 2.75) is 19.4 Å². The highest BCUT2D eigenvalue weighted by Crippen LogP contribution is 2.16. The van der Waals surface area contributed by atoms with Gasteiger partial charge in [-0.05, 0) is 25.5 Å². The summed E-state index contributed by atoms with van der Waals surface area (Å²) < 4.78 is 10.3. The van der Waals surface area contributed by atoms with E-state index in [1.54, 1.807) is 31.4 Å². The van der Waals surface area contributed by atoms with Crippen molar-refractivity contribution in [3.63, 3.8) is 0 Å². The Bertz CT molecular complexity index is 454. The van der Waals surface area contributed by atoms with Gasteiger partial charge in [0.25, 0.3) is 5.91 Å². The fraction of sp³-hybridized carbons (Fsp3) is 0.429. The molecule has 1 unspecified atom stereocenters. The number of para-hydroxylation sites is 1. The van der Waals surface area contributed by atoms with Gasteiger partial charge in [0.1, 0.15) is 11.8 Å². The lowest BCUT2D eigenvalue weighted by atomic mass is 10.2. The quantitative estimate of drug-likeness (QED) is 0.808. The number of benzene rings is 1. The number of carbonyl (C=O) groups excluding carboxylic acids is 1. The molecule has 0 saturated heterocycles. The van der Waals surface area contributed by atoms with E-state index in [2.05, 4.69) is 5.32 Å². The van der Waals surface area contributed by atoms with Crippen molar-refractivity contribution < 1.29 is 14.3 Å². The highest BCUT2D eigenvalue weighted by atomic mass is 16.5. The highest BCUT2D eigenvalue weighted by Gasteiger charge is 2.09. The maximum atomic E-state index is 11.6. The maximum Gasteiger partial charge on any atom is 0.258 e. The Kier molecular flexibility index (Phi) is 6.41. The van der Waals surface area contributed by atoms with Crippen LogP contribution in [0.3, 0.4) is 0 Å². The van der Waals surface area contributed by atoms with E-state index in [1.165, 1.54) is 0 Å². The number of ether oxygens (including phenoxy) is 2. The smallest absolute Gasteiger partial charge is 0.258 e. The molecule has 0 aliphatic rings. The second-order valence-corrected chi connectivity index (χ2v) is 4.15. The van der Waals surface area contributed by atoms with Crippen LogP contribution >= 0.6 is 0 Å². The minimum atomic E-state index is -0.212. The lowest BCUT2D eigenvalue weighted by Gasteiger charge is -2.14. The number of rotatable bonds is 7. The summed E-state index contributed by atoms with van der Waals surface area (Å²) in [5.74, 6) is 0.209. The van der Waals surface area contributed by atoms with Gasteiger partial charge in [-0.1, -0.05) is 12.1 Å². The van der Waals surface area contributed by atoms with Gasteiger partial charge in [0.15, 0.2) is 6.61 Å². The predicted octanol–water partition coefficient (Wildman–Crippen LogP) is 1.48. The average Bonchev–Trinajstić information content (AvgIpc) is 2.43. The molecule has 0 aliphatic carbocycles. The molecule has 1 aromatic rings. The van der Waals surface area contributed by atoms with Gasteiger partial charge in [0.2, 0.25) is 0 Å². The van der Waals surface area contributed by atoms with E-state index in [1.807, 2.05) is 13.0 Å². The number of amides is 1. The Morgan fingerprint density at radius 2 is 2.21 bits per heavy atom. The molecular weight excluding hydrogens is 244 g/mol. The van der Waals surface area contributed by atoms with E-state index in [0.29, 0.717) is 17.9 Å². The largest absolute Gasteiger partial charge is 0.482 e. The summed E-state index contributed by atoms with van der Waals surface area (Å²) >= 11 is 0. The third-order valence-electron chi connectivity index (χ3n) is 2.53. The summed E-state index contributed by atoms with van der Waals surface area (Å²) in [5, 5.41) is 11.7. The normalized spacial score (nSPS) is 11.4. The minimum absolute atomic E-state index is 0.0299. The van der Waals surface area contributed by atoms with Crippen LogP contribution in [0.15, 0.2) is 24.3 Å². The van der Waals surface area contributed by atoms with Crippen molar-refractivity contribution in [2.24, 2.45) is 0 Å². The molecule has 1 N–H and O–H groups in total. The SMILES string of the molecule is COCCC(C)NC(=O)COc1ccccc1C#N. The molecule has 1 amide bonds. The van der Waals surface area contributed by atoms with Crippen LogP contribution < -0.4 is 10.1 Å². The Labute approximate surface area is 113 Å². The molecule has 1 aromatic carbocycles. The zero-order chi connectivity index (χ0) is 14.1. The first-order chi connectivity index (χ1) is 9.17. The highest BCUT2D eigenvalue weighted by molar-refractivity contribution is 5.77. The summed E-state index contributed by atoms with van der Waals surface area (Å²) in [5.41, 5.74) is 0.419. The van der Waals surface area contributed by atoms with Gasteiger partial charge < -0.3 is 14.8 Å². The monoisotopic (exact) mass is 262 g/mol. The standard InChI is InChI=1S/C14H18N2O3/c1-11(7-8-18-2)16-14(17)10-19-13-6-4-3-5-12(13)9-15/h3-6,11H,7-8,10H2,1-2H3,(H,16,17). The summed E-state index contributed by atoms with van der Waals surface area (Å²) in [6.45, 7) is 2.40. The third-order valence-corrected chi connectivity index (χ3v) is 2.53. The zero-order valence-corrected chi connectivity index (χ0v) is 11.2. The number of nitrogens with one attached hydrogen (secondary N) is 1. The van der Waals surface area contributed by atoms with Crippen molar-refractivity contribution in [2.75, 3.05) is 20.3 Å². The third kappa shape index (κ3) is 5.40. The van der Waals surface area contributed by atoms with Crippen LogP contribution in [0.25, 0.3) is 0 Å². The van der Waals surface area contributed by atoms with Crippen LogP contribution in [0.2, 0.25) is 0 Å². The van der Waals surface area contributed by atoms with E-state index < -0.39 is 0 Å². The first-order valence-electron chi connectivity index (χ1n) is 6.07. The summed E-state index contributed by atoms with van der Waals surface area (Å²) in [7, 11) is 1.62. The summed E-state index contributed by atoms with van der Waals surface area (Å²) in [4.78, 5) is 11.6. The molecule has 1 atom stereocenters. The van der Waals surface area contributed by atoms with Crippen molar-refractivity contribution in [3.8, 4) is 11.8 Å². The molecule has 0 fully saturated rings. The van der Waals surface area contributed by atoms with E-state index in [4.69, 9.17) is 14.7 Å². The van der Waals surface area contributed by atoms with Crippen molar-refractivity contribution in [3.05, 3.63) is 29.8 Å². The number of methoxy groups -OCH3 is 1. The molecule has 0 spiro atoms.